The van der Waals surface area contributed by atoms with Crippen LogP contribution in [0.1, 0.15) is 17.2 Å². The van der Waals surface area contributed by atoms with E-state index in [0.29, 0.717) is 5.75 Å². The number of hydrogen-bond acceptors (Lipinski definition) is 3. The molecule has 0 N–H and O–H groups in total. The summed E-state index contributed by atoms with van der Waals surface area (Å²) in [4.78, 5) is 11.8. The third kappa shape index (κ3) is 3.35. The molecule has 2 aromatic carbocycles. The SMILES string of the molecule is COC(=O)C(Oc1ccc(C)cc1)c1ccccc1. The lowest BCUT2D eigenvalue weighted by molar-refractivity contribution is -0.149. The minimum absolute atomic E-state index is 0.410. The fourth-order valence-corrected chi connectivity index (χ4v) is 1.74. The molecule has 1 unspecified atom stereocenters. The number of carbonyl (C=O) groups excluding carboxylic acids is 1. The number of benzene rings is 2. The Morgan fingerprint density at radius 1 is 1.00 bits per heavy atom. The Morgan fingerprint density at radius 2 is 1.63 bits per heavy atom. The van der Waals surface area contributed by atoms with Crippen LogP contribution in [0, 0.1) is 6.92 Å². The lowest BCUT2D eigenvalue weighted by atomic mass is 10.1. The first kappa shape index (κ1) is 13.1. The molecule has 0 heterocycles. The molecule has 0 spiro atoms. The van der Waals surface area contributed by atoms with Crippen molar-refractivity contribution >= 4 is 5.97 Å². The standard InChI is InChI=1S/C16H16O3/c1-12-8-10-14(11-9-12)19-15(16(17)18-2)13-6-4-3-5-7-13/h3-11,15H,1-2H3. The second-order valence-corrected chi connectivity index (χ2v) is 4.24. The highest BCUT2D eigenvalue weighted by Gasteiger charge is 2.23. The van der Waals surface area contributed by atoms with Gasteiger partial charge in [0.05, 0.1) is 7.11 Å². The minimum atomic E-state index is -0.742. The van der Waals surface area contributed by atoms with Crippen LogP contribution in [0.15, 0.2) is 54.6 Å². The lowest BCUT2D eigenvalue weighted by Crippen LogP contribution is -2.20. The fourth-order valence-electron chi connectivity index (χ4n) is 1.74. The molecule has 1 atom stereocenters. The average molecular weight is 256 g/mol. The van der Waals surface area contributed by atoms with Crippen molar-refractivity contribution < 1.29 is 14.3 Å². The first-order chi connectivity index (χ1) is 9.20. The zero-order chi connectivity index (χ0) is 13.7. The van der Waals surface area contributed by atoms with Crippen LogP contribution in [-0.2, 0) is 9.53 Å². The summed E-state index contributed by atoms with van der Waals surface area (Å²) in [6.45, 7) is 2.00. The molecule has 19 heavy (non-hydrogen) atoms. The molecule has 3 heteroatoms. The molecular formula is C16H16O3. The van der Waals surface area contributed by atoms with Crippen molar-refractivity contribution in [3.05, 3.63) is 65.7 Å². The Morgan fingerprint density at radius 3 is 2.21 bits per heavy atom. The van der Waals surface area contributed by atoms with E-state index < -0.39 is 12.1 Å². The van der Waals surface area contributed by atoms with Crippen molar-refractivity contribution in [2.24, 2.45) is 0 Å². The zero-order valence-electron chi connectivity index (χ0n) is 11.0. The zero-order valence-corrected chi connectivity index (χ0v) is 11.0. The number of carbonyl (C=O) groups is 1. The van der Waals surface area contributed by atoms with E-state index in [9.17, 15) is 4.79 Å². The Kier molecular flexibility index (Phi) is 4.18. The van der Waals surface area contributed by atoms with Crippen LogP contribution < -0.4 is 4.74 Å². The van der Waals surface area contributed by atoms with E-state index in [1.807, 2.05) is 61.5 Å². The van der Waals surface area contributed by atoms with E-state index in [0.717, 1.165) is 11.1 Å². The number of esters is 1. The Balaban J connectivity index is 2.24. The van der Waals surface area contributed by atoms with Gasteiger partial charge in [0.2, 0.25) is 6.10 Å². The molecule has 98 valence electrons. The summed E-state index contributed by atoms with van der Waals surface area (Å²) in [6.07, 6.45) is -0.742. The maximum atomic E-state index is 11.8. The number of ether oxygens (including phenoxy) is 2. The van der Waals surface area contributed by atoms with Gasteiger partial charge in [-0.15, -0.1) is 0 Å². The lowest BCUT2D eigenvalue weighted by Gasteiger charge is -2.17. The highest BCUT2D eigenvalue weighted by atomic mass is 16.6. The van der Waals surface area contributed by atoms with Crippen molar-refractivity contribution in [2.75, 3.05) is 7.11 Å². The maximum Gasteiger partial charge on any atom is 0.351 e. The van der Waals surface area contributed by atoms with Gasteiger partial charge in [0, 0.05) is 5.56 Å². The molecule has 0 saturated heterocycles. The van der Waals surface area contributed by atoms with Crippen molar-refractivity contribution in [3.63, 3.8) is 0 Å². The van der Waals surface area contributed by atoms with Crippen LogP contribution in [0.4, 0.5) is 0 Å². The monoisotopic (exact) mass is 256 g/mol. The third-order valence-corrected chi connectivity index (χ3v) is 2.79. The number of hydrogen-bond donors (Lipinski definition) is 0. The first-order valence-corrected chi connectivity index (χ1v) is 6.07. The van der Waals surface area contributed by atoms with Gasteiger partial charge in [0.1, 0.15) is 5.75 Å². The van der Waals surface area contributed by atoms with Gasteiger partial charge in [-0.25, -0.2) is 4.79 Å². The minimum Gasteiger partial charge on any atom is -0.474 e. The molecular weight excluding hydrogens is 240 g/mol. The predicted octanol–water partition coefficient (Wildman–Crippen LogP) is 3.29. The highest BCUT2D eigenvalue weighted by molar-refractivity contribution is 5.76. The molecule has 2 aromatic rings. The quantitative estimate of drug-likeness (QED) is 0.787. The van der Waals surface area contributed by atoms with Gasteiger partial charge in [0.25, 0.3) is 0 Å². The largest absolute Gasteiger partial charge is 0.474 e. The second kappa shape index (κ2) is 6.05. The van der Waals surface area contributed by atoms with E-state index >= 15 is 0 Å². The van der Waals surface area contributed by atoms with Crippen LogP contribution in [-0.4, -0.2) is 13.1 Å². The summed E-state index contributed by atoms with van der Waals surface area (Å²) in [5.41, 5.74) is 1.91. The molecule has 0 aliphatic carbocycles. The first-order valence-electron chi connectivity index (χ1n) is 6.07. The van der Waals surface area contributed by atoms with E-state index in [2.05, 4.69) is 0 Å². The Bertz CT molecular complexity index is 532. The number of methoxy groups -OCH3 is 1. The maximum absolute atomic E-state index is 11.8. The van der Waals surface area contributed by atoms with Crippen LogP contribution in [0.3, 0.4) is 0 Å². The van der Waals surface area contributed by atoms with Gasteiger partial charge >= 0.3 is 5.97 Å². The molecule has 3 nitrogen and oxygen atoms in total. The summed E-state index contributed by atoms with van der Waals surface area (Å²) in [5.74, 6) is 0.233. The summed E-state index contributed by atoms with van der Waals surface area (Å²) in [5, 5.41) is 0. The Labute approximate surface area is 112 Å². The summed E-state index contributed by atoms with van der Waals surface area (Å²) in [7, 11) is 1.36. The van der Waals surface area contributed by atoms with Crippen LogP contribution in [0.25, 0.3) is 0 Å². The van der Waals surface area contributed by atoms with Crippen LogP contribution in [0.2, 0.25) is 0 Å². The molecule has 0 saturated carbocycles. The van der Waals surface area contributed by atoms with E-state index in [1.165, 1.54) is 7.11 Å². The van der Waals surface area contributed by atoms with E-state index in [1.54, 1.807) is 0 Å². The third-order valence-electron chi connectivity index (χ3n) is 2.79. The van der Waals surface area contributed by atoms with Gasteiger partial charge in [-0.3, -0.25) is 0 Å². The molecule has 0 aliphatic rings. The Hall–Kier alpha value is -2.29. The van der Waals surface area contributed by atoms with Crippen molar-refractivity contribution in [1.29, 1.82) is 0 Å². The van der Waals surface area contributed by atoms with Gasteiger partial charge in [-0.05, 0) is 19.1 Å². The highest BCUT2D eigenvalue weighted by Crippen LogP contribution is 2.23. The van der Waals surface area contributed by atoms with E-state index in [4.69, 9.17) is 9.47 Å². The molecule has 0 aromatic heterocycles. The summed E-state index contributed by atoms with van der Waals surface area (Å²) in [6, 6.07) is 16.9. The molecule has 0 aliphatic heterocycles. The van der Waals surface area contributed by atoms with Crippen molar-refractivity contribution in [2.45, 2.75) is 13.0 Å². The van der Waals surface area contributed by atoms with Crippen molar-refractivity contribution in [1.82, 2.24) is 0 Å². The molecule has 0 fully saturated rings. The fraction of sp³-hybridized carbons (Fsp3) is 0.188. The topological polar surface area (TPSA) is 35.5 Å². The van der Waals surface area contributed by atoms with Crippen LogP contribution in [0.5, 0.6) is 5.75 Å². The van der Waals surface area contributed by atoms with Gasteiger partial charge in [0.15, 0.2) is 0 Å². The van der Waals surface area contributed by atoms with Crippen LogP contribution >= 0.6 is 0 Å². The second-order valence-electron chi connectivity index (χ2n) is 4.24. The average Bonchev–Trinajstić information content (AvgIpc) is 2.47. The molecule has 0 amide bonds. The number of rotatable bonds is 4. The summed E-state index contributed by atoms with van der Waals surface area (Å²) < 4.78 is 10.5. The number of aryl methyl sites for hydroxylation is 1. The van der Waals surface area contributed by atoms with Gasteiger partial charge in [-0.1, -0.05) is 48.0 Å². The van der Waals surface area contributed by atoms with Gasteiger partial charge in [-0.2, -0.15) is 0 Å². The predicted molar refractivity (Wildman–Crippen MR) is 73.0 cm³/mol. The molecule has 0 bridgehead atoms. The normalized spacial score (nSPS) is 11.7. The molecule has 0 radical (unpaired) electrons. The summed E-state index contributed by atoms with van der Waals surface area (Å²) >= 11 is 0. The van der Waals surface area contributed by atoms with E-state index in [-0.39, 0.29) is 0 Å². The van der Waals surface area contributed by atoms with Crippen molar-refractivity contribution in [3.8, 4) is 5.75 Å². The molecule has 2 rings (SSSR count). The smallest absolute Gasteiger partial charge is 0.351 e. The van der Waals surface area contributed by atoms with Gasteiger partial charge < -0.3 is 9.47 Å².